The molecule has 7 rings (SSSR count). The summed E-state index contributed by atoms with van der Waals surface area (Å²) in [4.78, 5) is 22.6. The highest BCUT2D eigenvalue weighted by molar-refractivity contribution is 7.90. The first-order chi connectivity index (χ1) is 22.1. The van der Waals surface area contributed by atoms with Gasteiger partial charge in [0.25, 0.3) is 15.6 Å². The number of hydrogen-bond donors (Lipinski definition) is 3. The van der Waals surface area contributed by atoms with Crippen LogP contribution in [0.5, 0.6) is 5.75 Å². The van der Waals surface area contributed by atoms with Crippen LogP contribution in [0.1, 0.15) is 24.4 Å². The standard InChI is InChI=1S/C33H28N8O4S/c1-20-14-16-39-29(20)33(43)41(24-6-4-3-5-7-24)32(38-39)21(2)37-31-28(30(34)35-19-36-31)23-9-8-22-15-17-40(27(22)18-23)46(44,45)26-12-10-25(42)11-13-26/h3-19,21,42H,1-2H3,(H3,34,35,36,37)/t21-/m0/s1. The molecule has 4 aromatic heterocycles. The maximum Gasteiger partial charge on any atom is 0.282 e. The number of aromatic hydroxyl groups is 1. The third-order valence-corrected chi connectivity index (χ3v) is 9.59. The molecule has 0 fully saturated rings. The van der Waals surface area contributed by atoms with Crippen molar-refractivity contribution in [3.8, 4) is 22.6 Å². The van der Waals surface area contributed by atoms with E-state index in [1.807, 2.05) is 56.3 Å². The van der Waals surface area contributed by atoms with Gasteiger partial charge >= 0.3 is 0 Å². The highest BCUT2D eigenvalue weighted by atomic mass is 32.2. The summed E-state index contributed by atoms with van der Waals surface area (Å²) >= 11 is 0. The molecular formula is C33H28N8O4S. The third-order valence-electron chi connectivity index (χ3n) is 7.88. The molecule has 0 radical (unpaired) electrons. The summed E-state index contributed by atoms with van der Waals surface area (Å²) in [7, 11) is -3.98. The number of phenols is 1. The summed E-state index contributed by atoms with van der Waals surface area (Å²) in [6.07, 6.45) is 4.57. The second-order valence-corrected chi connectivity index (χ2v) is 12.7. The van der Waals surface area contributed by atoms with Crippen molar-refractivity contribution >= 4 is 38.1 Å². The Hall–Kier alpha value is -5.95. The number of aromatic nitrogens is 6. The summed E-state index contributed by atoms with van der Waals surface area (Å²) < 4.78 is 31.5. The maximum absolute atomic E-state index is 13.8. The number of anilines is 2. The first-order valence-electron chi connectivity index (χ1n) is 14.3. The summed E-state index contributed by atoms with van der Waals surface area (Å²) in [5, 5.41) is 18.5. The van der Waals surface area contributed by atoms with Crippen LogP contribution in [0.15, 0.2) is 113 Å². The van der Waals surface area contributed by atoms with E-state index >= 15 is 0 Å². The number of phenolic OH excluding ortho intramolecular Hbond substituents is 1. The number of aryl methyl sites for hydroxylation is 1. The second kappa shape index (κ2) is 10.9. The van der Waals surface area contributed by atoms with E-state index in [9.17, 15) is 18.3 Å². The molecule has 0 saturated heterocycles. The lowest BCUT2D eigenvalue weighted by molar-refractivity contribution is 0.474. The Kier molecular flexibility index (Phi) is 6.82. The summed E-state index contributed by atoms with van der Waals surface area (Å²) in [6.45, 7) is 3.73. The van der Waals surface area contributed by atoms with E-state index in [1.54, 1.807) is 33.5 Å². The van der Waals surface area contributed by atoms with Gasteiger partial charge in [-0.05, 0) is 79.6 Å². The van der Waals surface area contributed by atoms with E-state index in [-0.39, 0.29) is 22.0 Å². The molecule has 0 aliphatic carbocycles. The van der Waals surface area contributed by atoms with Crippen LogP contribution in [0.25, 0.3) is 33.2 Å². The molecule has 3 aromatic carbocycles. The quantitative estimate of drug-likeness (QED) is 0.222. The summed E-state index contributed by atoms with van der Waals surface area (Å²) in [5.41, 5.74) is 9.61. The topological polar surface area (TPSA) is 162 Å². The number of nitrogens with two attached hydrogens (primary N) is 1. The molecule has 13 heteroatoms. The largest absolute Gasteiger partial charge is 0.508 e. The fourth-order valence-electron chi connectivity index (χ4n) is 5.60. The van der Waals surface area contributed by atoms with E-state index < -0.39 is 16.1 Å². The smallest absolute Gasteiger partial charge is 0.282 e. The number of fused-ring (bicyclic) bond motifs is 2. The van der Waals surface area contributed by atoms with Crippen molar-refractivity contribution in [1.82, 2.24) is 28.1 Å². The maximum atomic E-state index is 13.8. The molecule has 230 valence electrons. The molecular weight excluding hydrogens is 604 g/mol. The average Bonchev–Trinajstić information content (AvgIpc) is 3.65. The molecule has 4 N–H and O–H groups in total. The first kappa shape index (κ1) is 28.8. The number of nitrogen functional groups attached to an aromatic ring is 1. The lowest BCUT2D eigenvalue weighted by Gasteiger charge is -2.21. The van der Waals surface area contributed by atoms with Crippen LogP contribution >= 0.6 is 0 Å². The fourth-order valence-corrected chi connectivity index (χ4v) is 6.95. The summed E-state index contributed by atoms with van der Waals surface area (Å²) in [6, 6.07) is 23.0. The van der Waals surface area contributed by atoms with Crippen LogP contribution < -0.4 is 16.6 Å². The van der Waals surface area contributed by atoms with Crippen LogP contribution in [-0.2, 0) is 10.0 Å². The van der Waals surface area contributed by atoms with Gasteiger partial charge in [0, 0.05) is 17.8 Å². The van der Waals surface area contributed by atoms with Gasteiger partial charge in [-0.15, -0.1) is 0 Å². The highest BCUT2D eigenvalue weighted by Crippen LogP contribution is 2.35. The van der Waals surface area contributed by atoms with Gasteiger partial charge in [-0.25, -0.2) is 26.9 Å². The van der Waals surface area contributed by atoms with Crippen molar-refractivity contribution in [3.05, 3.63) is 125 Å². The number of nitrogens with zero attached hydrogens (tertiary/aromatic N) is 6. The molecule has 7 aromatic rings. The minimum atomic E-state index is -3.98. The van der Waals surface area contributed by atoms with Crippen molar-refractivity contribution in [2.45, 2.75) is 24.8 Å². The Morgan fingerprint density at radius 1 is 0.935 bits per heavy atom. The molecule has 0 unspecified atom stereocenters. The van der Waals surface area contributed by atoms with Gasteiger partial charge in [0.05, 0.1) is 27.7 Å². The molecule has 46 heavy (non-hydrogen) atoms. The molecule has 1 atom stereocenters. The Labute approximate surface area is 263 Å². The number of nitrogens with one attached hydrogen (secondary N) is 1. The van der Waals surface area contributed by atoms with Crippen LogP contribution in [0.2, 0.25) is 0 Å². The van der Waals surface area contributed by atoms with Crippen molar-refractivity contribution in [3.63, 3.8) is 0 Å². The zero-order chi connectivity index (χ0) is 32.2. The molecule has 0 aliphatic heterocycles. The van der Waals surface area contributed by atoms with Crippen molar-refractivity contribution < 1.29 is 13.5 Å². The zero-order valence-corrected chi connectivity index (χ0v) is 25.5. The first-order valence-corrected chi connectivity index (χ1v) is 15.8. The second-order valence-electron chi connectivity index (χ2n) is 10.9. The van der Waals surface area contributed by atoms with E-state index in [1.165, 1.54) is 40.8 Å². The van der Waals surface area contributed by atoms with Gasteiger partial charge in [0.1, 0.15) is 29.2 Å². The van der Waals surface area contributed by atoms with Crippen molar-refractivity contribution in [2.75, 3.05) is 11.1 Å². The van der Waals surface area contributed by atoms with Gasteiger partial charge in [-0.3, -0.25) is 9.36 Å². The van der Waals surface area contributed by atoms with E-state index in [0.29, 0.717) is 44.9 Å². The van der Waals surface area contributed by atoms with E-state index in [2.05, 4.69) is 15.3 Å². The Bertz CT molecular complexity index is 2430. The third kappa shape index (κ3) is 4.73. The lowest BCUT2D eigenvalue weighted by Crippen LogP contribution is -2.29. The number of hydrogen-bond acceptors (Lipinski definition) is 9. The van der Waals surface area contributed by atoms with Gasteiger partial charge in [-0.1, -0.05) is 30.3 Å². The van der Waals surface area contributed by atoms with Crippen molar-refractivity contribution in [2.24, 2.45) is 0 Å². The average molecular weight is 633 g/mol. The Morgan fingerprint density at radius 3 is 2.46 bits per heavy atom. The molecule has 4 heterocycles. The molecule has 0 saturated carbocycles. The van der Waals surface area contributed by atoms with Gasteiger partial charge in [-0.2, -0.15) is 5.10 Å². The van der Waals surface area contributed by atoms with Gasteiger partial charge < -0.3 is 16.2 Å². The van der Waals surface area contributed by atoms with Crippen molar-refractivity contribution in [1.29, 1.82) is 0 Å². The normalized spacial score (nSPS) is 12.5. The molecule has 0 bridgehead atoms. The zero-order valence-electron chi connectivity index (χ0n) is 24.7. The SMILES string of the molecule is Cc1ccn2nc([C@H](C)Nc3ncnc(N)c3-c3ccc4ccn(S(=O)(=O)c5ccc(O)cc5)c4c3)n(-c3ccccc3)c(=O)c12. The van der Waals surface area contributed by atoms with Gasteiger partial charge in [0.15, 0.2) is 5.82 Å². The monoisotopic (exact) mass is 632 g/mol. The van der Waals surface area contributed by atoms with Crippen LogP contribution in [0.3, 0.4) is 0 Å². The van der Waals surface area contributed by atoms with Gasteiger partial charge in [0.2, 0.25) is 0 Å². The Morgan fingerprint density at radius 2 is 1.70 bits per heavy atom. The molecule has 0 spiro atoms. The summed E-state index contributed by atoms with van der Waals surface area (Å²) in [5.74, 6) is 0.948. The van der Waals surface area contributed by atoms with Crippen LogP contribution in [0.4, 0.5) is 11.6 Å². The molecule has 0 aliphatic rings. The molecule has 0 amide bonds. The minimum Gasteiger partial charge on any atom is -0.508 e. The van der Waals surface area contributed by atoms with Crippen LogP contribution in [-0.4, -0.2) is 41.6 Å². The highest BCUT2D eigenvalue weighted by Gasteiger charge is 2.23. The predicted molar refractivity (Wildman–Crippen MR) is 176 cm³/mol. The van der Waals surface area contributed by atoms with Crippen LogP contribution in [0, 0.1) is 6.92 Å². The predicted octanol–water partition coefficient (Wildman–Crippen LogP) is 4.90. The van der Waals surface area contributed by atoms with E-state index in [0.717, 1.165) is 5.56 Å². The number of rotatable bonds is 7. The number of benzene rings is 3. The Balaban J connectivity index is 1.33. The fraction of sp³-hybridized carbons (Fsp3) is 0.0909. The molecule has 12 nitrogen and oxygen atoms in total. The number of para-hydroxylation sites is 1. The minimum absolute atomic E-state index is 0.0266. The van der Waals surface area contributed by atoms with E-state index in [4.69, 9.17) is 10.8 Å². The lowest BCUT2D eigenvalue weighted by atomic mass is 10.0.